The van der Waals surface area contributed by atoms with Gasteiger partial charge in [0.2, 0.25) is 0 Å². The van der Waals surface area contributed by atoms with Crippen LogP contribution in [0.4, 0.5) is 0 Å². The van der Waals surface area contributed by atoms with Crippen LogP contribution in [0.15, 0.2) is 12.7 Å². The average molecular weight is 430 g/mol. The van der Waals surface area contributed by atoms with Crippen molar-refractivity contribution in [2.75, 3.05) is 0 Å². The van der Waals surface area contributed by atoms with Crippen LogP contribution < -0.4 is 0 Å². The number of rotatable bonds is 5. The molecule has 0 unspecified atom stereocenters. The van der Waals surface area contributed by atoms with E-state index in [4.69, 9.17) is 17.3 Å². The molecule has 0 bridgehead atoms. The standard InChI is InChI=1S/C14H17NO4S2.C5H10O2/c1-5-13(4)9(10(18)19)15-11(20)14(8(3)17,6-7(2)16)12(15)21-13;1-5(2,3)4(6)7/h5,9,12H,1,6H2,2-4H3,(H,18,19);1-3H3,(H,6,7)/t9-,12+,13-,14-;/m0./s1. The van der Waals surface area contributed by atoms with Gasteiger partial charge in [0.1, 0.15) is 23.0 Å². The van der Waals surface area contributed by atoms with Crippen LogP contribution >= 0.6 is 24.0 Å². The molecule has 156 valence electrons. The lowest BCUT2D eigenvalue weighted by Crippen LogP contribution is -2.71. The van der Waals surface area contributed by atoms with Gasteiger partial charge in [-0.2, -0.15) is 0 Å². The van der Waals surface area contributed by atoms with E-state index in [9.17, 15) is 24.3 Å². The Morgan fingerprint density at radius 1 is 1.25 bits per heavy atom. The highest BCUT2D eigenvalue weighted by Crippen LogP contribution is 2.61. The van der Waals surface area contributed by atoms with Crippen LogP contribution in [0, 0.1) is 10.8 Å². The molecule has 0 aromatic carbocycles. The molecule has 2 rings (SSSR count). The molecular formula is C19H27NO6S2. The summed E-state index contributed by atoms with van der Waals surface area (Å²) in [5, 5.41) is 17.3. The molecule has 0 aromatic heterocycles. The Morgan fingerprint density at radius 2 is 1.71 bits per heavy atom. The van der Waals surface area contributed by atoms with E-state index in [-0.39, 0.29) is 23.0 Å². The molecule has 0 spiro atoms. The van der Waals surface area contributed by atoms with Crippen molar-refractivity contribution in [3.63, 3.8) is 0 Å². The topological polar surface area (TPSA) is 112 Å². The maximum absolute atomic E-state index is 12.2. The summed E-state index contributed by atoms with van der Waals surface area (Å²) in [4.78, 5) is 47.2. The zero-order chi connectivity index (χ0) is 22.2. The molecule has 2 heterocycles. The predicted octanol–water partition coefficient (Wildman–Crippen LogP) is 2.77. The first kappa shape index (κ1) is 24.3. The number of hydrogen-bond donors (Lipinski definition) is 2. The van der Waals surface area contributed by atoms with E-state index >= 15 is 0 Å². The van der Waals surface area contributed by atoms with Crippen molar-refractivity contribution >= 4 is 52.5 Å². The van der Waals surface area contributed by atoms with Crippen LogP contribution in [-0.4, -0.2) is 59.8 Å². The van der Waals surface area contributed by atoms with E-state index in [0.29, 0.717) is 0 Å². The molecule has 28 heavy (non-hydrogen) atoms. The average Bonchev–Trinajstić information content (AvgIpc) is 2.83. The fourth-order valence-electron chi connectivity index (χ4n) is 3.13. The SMILES string of the molecule is C=C[C@]1(C)S[C@H]2N(C(=S)[C@]2(CC(C)=O)C(C)=O)[C@H]1C(=O)O.CC(C)(C)C(=O)O. The number of Topliss-reactive ketones (excluding diaryl/α,β-unsaturated/α-hetero) is 2. The van der Waals surface area contributed by atoms with E-state index < -0.39 is 38.9 Å². The summed E-state index contributed by atoms with van der Waals surface area (Å²) in [5.41, 5.74) is -1.64. The van der Waals surface area contributed by atoms with Crippen molar-refractivity contribution in [2.45, 2.75) is 64.1 Å². The molecule has 0 aliphatic carbocycles. The normalized spacial score (nSPS) is 31.1. The lowest BCUT2D eigenvalue weighted by atomic mass is 9.71. The van der Waals surface area contributed by atoms with Crippen LogP contribution in [0.1, 0.15) is 48.0 Å². The number of carbonyl (C=O) groups is 4. The van der Waals surface area contributed by atoms with Crippen molar-refractivity contribution in [3.05, 3.63) is 12.7 Å². The molecule has 9 heteroatoms. The number of thiocarbonyl (C=S) groups is 1. The Hall–Kier alpha value is -1.74. The third-order valence-electron chi connectivity index (χ3n) is 4.91. The first-order valence-electron chi connectivity index (χ1n) is 8.67. The van der Waals surface area contributed by atoms with Gasteiger partial charge >= 0.3 is 11.9 Å². The van der Waals surface area contributed by atoms with Crippen LogP contribution in [0.3, 0.4) is 0 Å². The molecule has 2 N–H and O–H groups in total. The van der Waals surface area contributed by atoms with Crippen molar-refractivity contribution in [2.24, 2.45) is 10.8 Å². The predicted molar refractivity (Wildman–Crippen MR) is 111 cm³/mol. The summed E-state index contributed by atoms with van der Waals surface area (Å²) in [5.74, 6) is -2.08. The van der Waals surface area contributed by atoms with Crippen LogP contribution in [0.25, 0.3) is 0 Å². The summed E-state index contributed by atoms with van der Waals surface area (Å²) < 4.78 is -0.755. The molecule has 2 aliphatic rings. The lowest BCUT2D eigenvalue weighted by Gasteiger charge is -2.54. The van der Waals surface area contributed by atoms with Crippen molar-refractivity contribution in [1.82, 2.24) is 4.90 Å². The fraction of sp³-hybridized carbons (Fsp3) is 0.632. The minimum Gasteiger partial charge on any atom is -0.481 e. The summed E-state index contributed by atoms with van der Waals surface area (Å²) in [6.45, 7) is 13.3. The second-order valence-corrected chi connectivity index (χ2v) is 10.2. The van der Waals surface area contributed by atoms with Gasteiger partial charge in [0.25, 0.3) is 0 Å². The molecule has 0 radical (unpaired) electrons. The van der Waals surface area contributed by atoms with Crippen molar-refractivity contribution < 1.29 is 29.4 Å². The van der Waals surface area contributed by atoms with Crippen LogP contribution in [0.5, 0.6) is 0 Å². The molecular weight excluding hydrogens is 402 g/mol. The van der Waals surface area contributed by atoms with Gasteiger partial charge in [0, 0.05) is 6.42 Å². The number of hydrogen-bond acceptors (Lipinski definition) is 6. The molecule has 0 aromatic rings. The van der Waals surface area contributed by atoms with Gasteiger partial charge < -0.3 is 15.1 Å². The minimum atomic E-state index is -1.06. The zero-order valence-electron chi connectivity index (χ0n) is 16.9. The van der Waals surface area contributed by atoms with Gasteiger partial charge in [-0.25, -0.2) is 4.79 Å². The summed E-state index contributed by atoms with van der Waals surface area (Å²) in [6, 6.07) is -0.864. The number of carbonyl (C=O) groups excluding carboxylic acids is 2. The quantitative estimate of drug-likeness (QED) is 0.503. The smallest absolute Gasteiger partial charge is 0.328 e. The maximum atomic E-state index is 12.2. The monoisotopic (exact) mass is 429 g/mol. The Kier molecular flexibility index (Phi) is 6.89. The van der Waals surface area contributed by atoms with Crippen molar-refractivity contribution in [1.29, 1.82) is 0 Å². The third-order valence-corrected chi connectivity index (χ3v) is 7.24. The van der Waals surface area contributed by atoms with E-state index in [0.717, 1.165) is 0 Å². The highest BCUT2D eigenvalue weighted by atomic mass is 32.2. The number of thioether (sulfide) groups is 1. The highest BCUT2D eigenvalue weighted by molar-refractivity contribution is 8.02. The zero-order valence-corrected chi connectivity index (χ0v) is 18.6. The summed E-state index contributed by atoms with van der Waals surface area (Å²) in [6.07, 6.45) is 1.60. The van der Waals surface area contributed by atoms with Gasteiger partial charge in [0.15, 0.2) is 0 Å². The van der Waals surface area contributed by atoms with Gasteiger partial charge in [-0.1, -0.05) is 18.3 Å². The number of nitrogens with zero attached hydrogens (tertiary/aromatic N) is 1. The number of ketones is 2. The maximum Gasteiger partial charge on any atom is 0.328 e. The Labute approximate surface area is 174 Å². The van der Waals surface area contributed by atoms with Gasteiger partial charge in [0.05, 0.1) is 20.5 Å². The van der Waals surface area contributed by atoms with Gasteiger partial charge in [-0.15, -0.1) is 18.3 Å². The largest absolute Gasteiger partial charge is 0.481 e. The van der Waals surface area contributed by atoms with Crippen LogP contribution in [-0.2, 0) is 19.2 Å². The van der Waals surface area contributed by atoms with Gasteiger partial charge in [-0.05, 0) is 41.5 Å². The molecule has 7 nitrogen and oxygen atoms in total. The third kappa shape index (κ3) is 4.00. The number of carboxylic acid groups (broad SMARTS) is 2. The molecule has 2 fully saturated rings. The Balaban J connectivity index is 0.000000480. The molecule has 2 aliphatic heterocycles. The highest BCUT2D eigenvalue weighted by Gasteiger charge is 2.71. The molecule has 0 amide bonds. The number of aliphatic carboxylic acids is 2. The van der Waals surface area contributed by atoms with Crippen LogP contribution in [0.2, 0.25) is 0 Å². The van der Waals surface area contributed by atoms with E-state index in [2.05, 4.69) is 6.58 Å². The summed E-state index contributed by atoms with van der Waals surface area (Å²) in [7, 11) is 0. The molecule has 2 saturated heterocycles. The number of carboxylic acids is 2. The van der Waals surface area contributed by atoms with Crippen molar-refractivity contribution in [3.8, 4) is 0 Å². The Morgan fingerprint density at radius 3 is 2.00 bits per heavy atom. The van der Waals surface area contributed by atoms with E-state index in [1.165, 1.54) is 25.6 Å². The second kappa shape index (κ2) is 7.94. The lowest BCUT2D eigenvalue weighted by molar-refractivity contribution is -0.146. The second-order valence-electron chi connectivity index (χ2n) is 8.27. The van der Waals surface area contributed by atoms with E-state index in [1.807, 2.05) is 0 Å². The minimum absolute atomic E-state index is 0.0227. The first-order chi connectivity index (χ1) is 12.6. The van der Waals surface area contributed by atoms with Gasteiger partial charge in [-0.3, -0.25) is 14.4 Å². The fourth-order valence-corrected chi connectivity index (χ4v) is 5.64. The number of fused-ring (bicyclic) bond motifs is 1. The first-order valence-corrected chi connectivity index (χ1v) is 9.96. The van der Waals surface area contributed by atoms with E-state index in [1.54, 1.807) is 38.7 Å². The Bertz CT molecular complexity index is 743. The molecule has 0 saturated carbocycles. The molecule has 4 atom stereocenters. The summed E-state index contributed by atoms with van der Waals surface area (Å²) >= 11 is 6.68.